The number of methoxy groups -OCH3 is 1. The largest absolute Gasteiger partial charge is 0.497 e. The van der Waals surface area contributed by atoms with E-state index in [9.17, 15) is 0 Å². The van der Waals surface area contributed by atoms with Gasteiger partial charge in [-0.05, 0) is 36.2 Å². The van der Waals surface area contributed by atoms with E-state index >= 15 is 0 Å². The number of benzene rings is 2. The molecule has 0 aliphatic carbocycles. The van der Waals surface area contributed by atoms with Crippen molar-refractivity contribution in [2.45, 2.75) is 19.3 Å². The van der Waals surface area contributed by atoms with Crippen LogP contribution >= 0.6 is 0 Å². The van der Waals surface area contributed by atoms with Crippen LogP contribution in [0, 0.1) is 11.8 Å². The lowest BCUT2D eigenvalue weighted by molar-refractivity contribution is 0.415. The summed E-state index contributed by atoms with van der Waals surface area (Å²) in [6, 6.07) is 18.3. The molecule has 0 radical (unpaired) electrons. The van der Waals surface area contributed by atoms with E-state index < -0.39 is 0 Å². The van der Waals surface area contributed by atoms with Gasteiger partial charge in [-0.1, -0.05) is 49.1 Å². The van der Waals surface area contributed by atoms with Crippen LogP contribution in [0.25, 0.3) is 0 Å². The Morgan fingerprint density at radius 1 is 1.00 bits per heavy atom. The molecule has 0 saturated heterocycles. The van der Waals surface area contributed by atoms with Crippen LogP contribution in [0.15, 0.2) is 54.6 Å². The lowest BCUT2D eigenvalue weighted by Gasteiger charge is -2.07. The Morgan fingerprint density at radius 3 is 2.26 bits per heavy atom. The molecule has 2 aromatic carbocycles. The van der Waals surface area contributed by atoms with E-state index in [1.165, 1.54) is 5.56 Å². The second-order valence-electron chi connectivity index (χ2n) is 4.37. The maximum Gasteiger partial charge on any atom is 0.118 e. The van der Waals surface area contributed by atoms with Crippen LogP contribution in [-0.2, 0) is 0 Å². The highest BCUT2D eigenvalue weighted by Crippen LogP contribution is 2.18. The third-order valence-electron chi connectivity index (χ3n) is 3.09. The third-order valence-corrected chi connectivity index (χ3v) is 3.09. The summed E-state index contributed by atoms with van der Waals surface area (Å²) in [5.74, 6) is 7.74. The topological polar surface area (TPSA) is 9.23 Å². The molecule has 1 atom stereocenters. The maximum atomic E-state index is 5.14. The van der Waals surface area contributed by atoms with Crippen molar-refractivity contribution in [2.24, 2.45) is 0 Å². The van der Waals surface area contributed by atoms with E-state index in [1.54, 1.807) is 7.11 Å². The van der Waals surface area contributed by atoms with E-state index in [0.29, 0.717) is 5.92 Å². The minimum absolute atomic E-state index is 0.295. The van der Waals surface area contributed by atoms with Gasteiger partial charge in [-0.25, -0.2) is 0 Å². The van der Waals surface area contributed by atoms with Gasteiger partial charge in [-0.3, -0.25) is 0 Å². The number of hydrogen-bond donors (Lipinski definition) is 0. The van der Waals surface area contributed by atoms with Crippen molar-refractivity contribution >= 4 is 0 Å². The molecule has 0 saturated carbocycles. The molecule has 0 amide bonds. The van der Waals surface area contributed by atoms with Crippen LogP contribution in [0.2, 0.25) is 0 Å². The molecule has 0 aliphatic heterocycles. The monoisotopic (exact) mass is 250 g/mol. The molecule has 0 bridgehead atoms. The standard InChI is InChI=1S/C18H18O/c1-3-16(17-7-5-4-6-8-17)12-9-15-10-13-18(19-2)14-11-15/h4-8,10-11,13-14,16H,3H2,1-2H3/t16-/m0/s1. The Balaban J connectivity index is 2.16. The summed E-state index contributed by atoms with van der Waals surface area (Å²) < 4.78 is 5.14. The molecule has 0 heterocycles. The summed E-state index contributed by atoms with van der Waals surface area (Å²) in [5.41, 5.74) is 2.31. The predicted octanol–water partition coefficient (Wildman–Crippen LogP) is 4.24. The minimum Gasteiger partial charge on any atom is -0.497 e. The van der Waals surface area contributed by atoms with Crippen molar-refractivity contribution in [3.63, 3.8) is 0 Å². The fourth-order valence-corrected chi connectivity index (χ4v) is 1.95. The molecule has 0 aromatic heterocycles. The van der Waals surface area contributed by atoms with Crippen LogP contribution in [0.3, 0.4) is 0 Å². The van der Waals surface area contributed by atoms with E-state index in [2.05, 4.69) is 43.0 Å². The van der Waals surface area contributed by atoms with Gasteiger partial charge >= 0.3 is 0 Å². The molecule has 0 spiro atoms. The first-order valence-electron chi connectivity index (χ1n) is 6.54. The van der Waals surface area contributed by atoms with Gasteiger partial charge in [0, 0.05) is 11.5 Å². The molecule has 0 fully saturated rings. The van der Waals surface area contributed by atoms with Gasteiger partial charge in [0.25, 0.3) is 0 Å². The van der Waals surface area contributed by atoms with Gasteiger partial charge in [0.1, 0.15) is 5.75 Å². The van der Waals surface area contributed by atoms with Crippen LogP contribution in [0.1, 0.15) is 30.4 Å². The Labute approximate surface area is 115 Å². The Hall–Kier alpha value is -2.20. The van der Waals surface area contributed by atoms with Gasteiger partial charge in [0.2, 0.25) is 0 Å². The zero-order chi connectivity index (χ0) is 13.5. The summed E-state index contributed by atoms with van der Waals surface area (Å²) in [6.45, 7) is 2.17. The molecule has 2 rings (SSSR count). The van der Waals surface area contributed by atoms with Gasteiger partial charge in [0.15, 0.2) is 0 Å². The van der Waals surface area contributed by atoms with Gasteiger partial charge < -0.3 is 4.74 Å². The highest BCUT2D eigenvalue weighted by atomic mass is 16.5. The maximum absolute atomic E-state index is 5.14. The van der Waals surface area contributed by atoms with Crippen LogP contribution in [0.4, 0.5) is 0 Å². The second-order valence-corrected chi connectivity index (χ2v) is 4.37. The predicted molar refractivity (Wildman–Crippen MR) is 79.3 cm³/mol. The average molecular weight is 250 g/mol. The quantitative estimate of drug-likeness (QED) is 0.740. The molecule has 96 valence electrons. The molecule has 2 aromatic rings. The van der Waals surface area contributed by atoms with Gasteiger partial charge in [-0.15, -0.1) is 0 Å². The molecule has 0 aliphatic rings. The van der Waals surface area contributed by atoms with Gasteiger partial charge in [-0.2, -0.15) is 0 Å². The van der Waals surface area contributed by atoms with Crippen LogP contribution in [-0.4, -0.2) is 7.11 Å². The summed E-state index contributed by atoms with van der Waals surface area (Å²) in [4.78, 5) is 0. The Bertz CT molecular complexity index is 558. The Kier molecular flexibility index (Phi) is 4.64. The lowest BCUT2D eigenvalue weighted by atomic mass is 9.97. The normalized spacial score (nSPS) is 11.3. The number of ether oxygens (including phenoxy) is 1. The van der Waals surface area contributed by atoms with E-state index in [4.69, 9.17) is 4.74 Å². The van der Waals surface area contributed by atoms with Crippen LogP contribution in [0.5, 0.6) is 5.75 Å². The fourth-order valence-electron chi connectivity index (χ4n) is 1.95. The van der Waals surface area contributed by atoms with E-state index in [-0.39, 0.29) is 0 Å². The lowest BCUT2D eigenvalue weighted by Crippen LogP contribution is -1.93. The molecule has 0 unspecified atom stereocenters. The zero-order valence-electron chi connectivity index (χ0n) is 11.4. The summed E-state index contributed by atoms with van der Waals surface area (Å²) in [5, 5.41) is 0. The smallest absolute Gasteiger partial charge is 0.118 e. The minimum atomic E-state index is 0.295. The molecule has 0 N–H and O–H groups in total. The van der Waals surface area contributed by atoms with Crippen molar-refractivity contribution in [1.82, 2.24) is 0 Å². The first-order valence-corrected chi connectivity index (χ1v) is 6.54. The van der Waals surface area contributed by atoms with Crippen molar-refractivity contribution < 1.29 is 4.74 Å². The van der Waals surface area contributed by atoms with Crippen molar-refractivity contribution in [1.29, 1.82) is 0 Å². The fraction of sp³-hybridized carbons (Fsp3) is 0.222. The average Bonchev–Trinajstić information content (AvgIpc) is 2.49. The number of rotatable bonds is 3. The number of hydrogen-bond acceptors (Lipinski definition) is 1. The van der Waals surface area contributed by atoms with Crippen molar-refractivity contribution in [3.8, 4) is 17.6 Å². The Morgan fingerprint density at radius 2 is 1.68 bits per heavy atom. The van der Waals surface area contributed by atoms with E-state index in [0.717, 1.165) is 17.7 Å². The highest BCUT2D eigenvalue weighted by molar-refractivity contribution is 5.40. The first kappa shape index (κ1) is 13.2. The van der Waals surface area contributed by atoms with Crippen molar-refractivity contribution in [2.75, 3.05) is 7.11 Å². The molecular formula is C18H18O. The third kappa shape index (κ3) is 3.63. The first-order chi connectivity index (χ1) is 9.33. The van der Waals surface area contributed by atoms with E-state index in [1.807, 2.05) is 30.3 Å². The zero-order valence-corrected chi connectivity index (χ0v) is 11.4. The molecule has 1 heteroatoms. The summed E-state index contributed by atoms with van der Waals surface area (Å²) >= 11 is 0. The molecular weight excluding hydrogens is 232 g/mol. The summed E-state index contributed by atoms with van der Waals surface area (Å²) in [7, 11) is 1.67. The second kappa shape index (κ2) is 6.66. The highest BCUT2D eigenvalue weighted by Gasteiger charge is 2.04. The van der Waals surface area contributed by atoms with Gasteiger partial charge in [0.05, 0.1) is 7.11 Å². The molecule has 1 nitrogen and oxygen atoms in total. The molecule has 19 heavy (non-hydrogen) atoms. The van der Waals surface area contributed by atoms with Crippen LogP contribution < -0.4 is 4.74 Å². The summed E-state index contributed by atoms with van der Waals surface area (Å²) in [6.07, 6.45) is 1.02. The SMILES string of the molecule is CC[C@@H](C#Cc1ccc(OC)cc1)c1ccccc1. The van der Waals surface area contributed by atoms with Crippen molar-refractivity contribution in [3.05, 3.63) is 65.7 Å².